The smallest absolute Gasteiger partial charge is 0.0555 e. The molecular formula is C45H48N2S. The summed E-state index contributed by atoms with van der Waals surface area (Å²) >= 11 is 1.89. The van der Waals surface area contributed by atoms with E-state index in [4.69, 9.17) is 0 Å². The SMILES string of the molecule is Cc1cc(N(c2c(C)cc(C(C)(C)C)cc2C)c2cccc3sc4ccccc4c23)cc(N2c3ccccc3C3(C)CCCCC23C)c1. The molecule has 6 aromatic rings. The van der Waals surface area contributed by atoms with Crippen molar-refractivity contribution in [2.75, 3.05) is 9.80 Å². The zero-order valence-corrected chi connectivity index (χ0v) is 30.7. The van der Waals surface area contributed by atoms with Crippen molar-refractivity contribution in [2.24, 2.45) is 0 Å². The zero-order chi connectivity index (χ0) is 33.6. The molecule has 2 atom stereocenters. The fraction of sp³-hybridized carbons (Fsp3) is 0.333. The van der Waals surface area contributed by atoms with Crippen LogP contribution in [0.1, 0.15) is 88.1 Å². The van der Waals surface area contributed by atoms with Crippen LogP contribution in [0.25, 0.3) is 20.2 Å². The molecule has 1 fully saturated rings. The van der Waals surface area contributed by atoms with E-state index in [1.807, 2.05) is 11.3 Å². The lowest BCUT2D eigenvalue weighted by atomic mass is 9.61. The van der Waals surface area contributed by atoms with Crippen molar-refractivity contribution in [3.05, 3.63) is 125 Å². The lowest BCUT2D eigenvalue weighted by molar-refractivity contribution is 0.195. The lowest BCUT2D eigenvalue weighted by Crippen LogP contribution is -2.54. The number of nitrogens with zero attached hydrogens (tertiary/aromatic N) is 2. The van der Waals surface area contributed by atoms with Crippen LogP contribution in [-0.2, 0) is 10.8 Å². The lowest BCUT2D eigenvalue weighted by Gasteiger charge is -2.50. The van der Waals surface area contributed by atoms with Crippen molar-refractivity contribution in [1.29, 1.82) is 0 Å². The molecule has 2 heterocycles. The summed E-state index contributed by atoms with van der Waals surface area (Å²) in [7, 11) is 0. The molecule has 2 aliphatic rings. The van der Waals surface area contributed by atoms with Gasteiger partial charge in [-0.2, -0.15) is 0 Å². The topological polar surface area (TPSA) is 6.48 Å². The average Bonchev–Trinajstić information content (AvgIpc) is 3.52. The number of para-hydroxylation sites is 1. The Kier molecular flexibility index (Phi) is 7.13. The summed E-state index contributed by atoms with van der Waals surface area (Å²) in [5.74, 6) is 0. The first-order valence-corrected chi connectivity index (χ1v) is 18.6. The normalized spacial score (nSPS) is 20.7. The molecule has 0 amide bonds. The Morgan fingerprint density at radius 1 is 0.729 bits per heavy atom. The van der Waals surface area contributed by atoms with E-state index in [2.05, 4.69) is 162 Å². The minimum atomic E-state index is 0.00853. The Morgan fingerprint density at radius 3 is 2.19 bits per heavy atom. The molecule has 244 valence electrons. The summed E-state index contributed by atoms with van der Waals surface area (Å²) in [6, 6.07) is 37.2. The third-order valence-corrected chi connectivity index (χ3v) is 12.9. The molecule has 0 radical (unpaired) electrons. The Bertz CT molecular complexity index is 2190. The molecule has 5 aromatic carbocycles. The summed E-state index contributed by atoms with van der Waals surface area (Å²) in [6.45, 7) is 18.9. The number of anilines is 5. The molecule has 1 aliphatic carbocycles. The maximum atomic E-state index is 2.72. The van der Waals surface area contributed by atoms with Crippen molar-refractivity contribution in [3.63, 3.8) is 0 Å². The molecule has 1 saturated carbocycles. The van der Waals surface area contributed by atoms with E-state index in [9.17, 15) is 0 Å². The van der Waals surface area contributed by atoms with Gasteiger partial charge in [0.15, 0.2) is 0 Å². The van der Waals surface area contributed by atoms with Gasteiger partial charge in [0.2, 0.25) is 0 Å². The Balaban J connectivity index is 1.41. The average molecular weight is 649 g/mol. The zero-order valence-electron chi connectivity index (χ0n) is 29.9. The first-order valence-electron chi connectivity index (χ1n) is 17.7. The highest BCUT2D eigenvalue weighted by atomic mass is 32.1. The fourth-order valence-corrected chi connectivity index (χ4v) is 10.3. The molecule has 2 nitrogen and oxygen atoms in total. The number of thiophene rings is 1. The standard InChI is InChI=1S/C45H48N2S/c1-29-24-33(28-34(25-29)47-37-18-11-10-17-36(37)44(7)22-13-14-23-45(44,47)8)46(42-30(2)26-32(27-31(42)3)43(4,5)6)38-19-15-21-40-41(38)35-16-9-12-20-39(35)48-40/h9-12,15-21,24-28H,13-14,22-23H2,1-8H3. The number of aryl methyl sites for hydroxylation is 3. The monoisotopic (exact) mass is 648 g/mol. The summed E-state index contributed by atoms with van der Waals surface area (Å²) in [5, 5.41) is 2.66. The van der Waals surface area contributed by atoms with Crippen molar-refractivity contribution in [1.82, 2.24) is 0 Å². The Hall–Kier alpha value is -4.08. The van der Waals surface area contributed by atoms with Gasteiger partial charge in [0.1, 0.15) is 0 Å². The van der Waals surface area contributed by atoms with Crippen LogP contribution in [0, 0.1) is 20.8 Å². The molecule has 2 unspecified atom stereocenters. The van der Waals surface area contributed by atoms with Gasteiger partial charge >= 0.3 is 0 Å². The second-order valence-electron chi connectivity index (χ2n) is 16.0. The molecule has 48 heavy (non-hydrogen) atoms. The van der Waals surface area contributed by atoms with Gasteiger partial charge in [-0.15, -0.1) is 11.3 Å². The van der Waals surface area contributed by atoms with E-state index in [1.54, 1.807) is 0 Å². The third kappa shape index (κ3) is 4.57. The number of fused-ring (bicyclic) bond motifs is 6. The molecule has 0 N–H and O–H groups in total. The Morgan fingerprint density at radius 2 is 1.42 bits per heavy atom. The van der Waals surface area contributed by atoms with Gasteiger partial charge in [0.05, 0.1) is 16.9 Å². The molecule has 1 aliphatic heterocycles. The molecule has 3 heteroatoms. The number of benzene rings is 5. The first kappa shape index (κ1) is 31.2. The summed E-state index contributed by atoms with van der Waals surface area (Å²) in [5.41, 5.74) is 13.4. The number of hydrogen-bond donors (Lipinski definition) is 0. The molecule has 0 bridgehead atoms. The van der Waals surface area contributed by atoms with Gasteiger partial charge in [0, 0.05) is 42.6 Å². The first-order chi connectivity index (χ1) is 22.9. The van der Waals surface area contributed by atoms with Gasteiger partial charge in [-0.1, -0.05) is 95.1 Å². The second-order valence-corrected chi connectivity index (χ2v) is 17.1. The van der Waals surface area contributed by atoms with E-state index in [0.29, 0.717) is 0 Å². The van der Waals surface area contributed by atoms with Crippen LogP contribution in [0.5, 0.6) is 0 Å². The maximum Gasteiger partial charge on any atom is 0.0555 e. The number of hydrogen-bond acceptors (Lipinski definition) is 3. The van der Waals surface area contributed by atoms with Gasteiger partial charge < -0.3 is 9.80 Å². The minimum Gasteiger partial charge on any atom is -0.334 e. The van der Waals surface area contributed by atoms with E-state index >= 15 is 0 Å². The van der Waals surface area contributed by atoms with Crippen molar-refractivity contribution in [3.8, 4) is 0 Å². The number of rotatable bonds is 4. The van der Waals surface area contributed by atoms with Gasteiger partial charge in [-0.05, 0) is 116 Å². The van der Waals surface area contributed by atoms with Gasteiger partial charge in [0.25, 0.3) is 0 Å². The molecule has 0 saturated heterocycles. The maximum absolute atomic E-state index is 2.72. The highest BCUT2D eigenvalue weighted by Crippen LogP contribution is 2.61. The van der Waals surface area contributed by atoms with E-state index in [0.717, 1.165) is 0 Å². The van der Waals surface area contributed by atoms with Crippen LogP contribution >= 0.6 is 11.3 Å². The van der Waals surface area contributed by atoms with Crippen LogP contribution in [0.15, 0.2) is 97.1 Å². The van der Waals surface area contributed by atoms with Gasteiger partial charge in [-0.3, -0.25) is 0 Å². The van der Waals surface area contributed by atoms with Crippen LogP contribution in [0.3, 0.4) is 0 Å². The molecule has 8 rings (SSSR count). The molecule has 0 spiro atoms. The van der Waals surface area contributed by atoms with Crippen molar-refractivity contribution >= 4 is 59.9 Å². The fourth-order valence-electron chi connectivity index (χ4n) is 9.18. The molecular weight excluding hydrogens is 601 g/mol. The van der Waals surface area contributed by atoms with Crippen molar-refractivity contribution in [2.45, 2.75) is 97.4 Å². The third-order valence-electron chi connectivity index (χ3n) is 11.8. The van der Waals surface area contributed by atoms with Crippen molar-refractivity contribution < 1.29 is 0 Å². The Labute approximate surface area is 291 Å². The summed E-state index contributed by atoms with van der Waals surface area (Å²) in [6.07, 6.45) is 4.99. The predicted octanol–water partition coefficient (Wildman–Crippen LogP) is 13.5. The van der Waals surface area contributed by atoms with Crippen LogP contribution < -0.4 is 9.80 Å². The van der Waals surface area contributed by atoms with E-state index in [-0.39, 0.29) is 16.4 Å². The predicted molar refractivity (Wildman–Crippen MR) is 210 cm³/mol. The second kappa shape index (κ2) is 11.0. The highest BCUT2D eigenvalue weighted by molar-refractivity contribution is 7.26. The summed E-state index contributed by atoms with van der Waals surface area (Å²) in [4.78, 5) is 5.30. The largest absolute Gasteiger partial charge is 0.334 e. The van der Waals surface area contributed by atoms with E-state index < -0.39 is 0 Å². The van der Waals surface area contributed by atoms with Gasteiger partial charge in [-0.25, -0.2) is 0 Å². The van der Waals surface area contributed by atoms with E-state index in [1.165, 1.54) is 102 Å². The van der Waals surface area contributed by atoms with Crippen LogP contribution in [0.2, 0.25) is 0 Å². The highest BCUT2D eigenvalue weighted by Gasteiger charge is 2.57. The van der Waals surface area contributed by atoms with Crippen LogP contribution in [0.4, 0.5) is 28.4 Å². The summed E-state index contributed by atoms with van der Waals surface area (Å²) < 4.78 is 2.66. The molecule has 1 aromatic heterocycles. The van der Waals surface area contributed by atoms with Crippen LogP contribution in [-0.4, -0.2) is 5.54 Å². The quantitative estimate of drug-likeness (QED) is 0.188. The minimum absolute atomic E-state index is 0.00853.